The van der Waals surface area contributed by atoms with Gasteiger partial charge in [0.2, 0.25) is 0 Å². The molecule has 0 fully saturated rings. The predicted molar refractivity (Wildman–Crippen MR) is 193 cm³/mol. The molecule has 23 nitrogen and oxygen atoms in total. The van der Waals surface area contributed by atoms with Gasteiger partial charge >= 0.3 is 10.4 Å². The minimum atomic E-state index is -5.08. The number of fused-ring (bicyclic) bond motifs is 1. The van der Waals surface area contributed by atoms with Crippen molar-refractivity contribution in [2.45, 2.75) is 19.6 Å². The Hall–Kier alpha value is -5.03. The quantitative estimate of drug-likeness (QED) is 0.0114. The molecule has 0 bridgehead atoms. The van der Waals surface area contributed by atoms with Gasteiger partial charge in [-0.1, -0.05) is 5.04 Å². The number of nitrogens with zero attached hydrogens (tertiary/aromatic N) is 6. The van der Waals surface area contributed by atoms with Crippen molar-refractivity contribution in [3.05, 3.63) is 65.6 Å². The Bertz CT molecular complexity index is 2490. The number of thioether (sulfide) groups is 1. The number of anilines is 1. The van der Waals surface area contributed by atoms with Gasteiger partial charge in [0.25, 0.3) is 10.1 Å². The van der Waals surface area contributed by atoms with E-state index in [0.29, 0.717) is 16.9 Å². The maximum Gasteiger partial charge on any atom is 0.433 e. The predicted octanol–water partition coefficient (Wildman–Crippen LogP) is 4.96. The number of nitroso groups, excluding NO2 is 1. The second kappa shape index (κ2) is 19.0. The molecular formula is C27H25N7O16S5. The Morgan fingerprint density at radius 2 is 1.49 bits per heavy atom. The first-order valence-electron chi connectivity index (χ1n) is 14.0. The summed E-state index contributed by atoms with van der Waals surface area (Å²) < 4.78 is 97.5. The van der Waals surface area contributed by atoms with Crippen molar-refractivity contribution in [2.24, 2.45) is 25.7 Å². The number of phenolic OH excluding ortho intramolecular Hbond substituents is 1. The van der Waals surface area contributed by atoms with E-state index in [4.69, 9.17) is 15.5 Å². The maximum absolute atomic E-state index is 12.6. The van der Waals surface area contributed by atoms with Crippen molar-refractivity contribution in [3.63, 3.8) is 0 Å². The fourth-order valence-electron chi connectivity index (χ4n) is 4.11. The van der Waals surface area contributed by atoms with E-state index in [-0.39, 0.29) is 55.3 Å². The first kappa shape index (κ1) is 44.4. The molecular weight excluding hydrogens is 839 g/mol. The fourth-order valence-corrected chi connectivity index (χ4v) is 7.15. The molecule has 0 saturated carbocycles. The van der Waals surface area contributed by atoms with Gasteiger partial charge in [0.15, 0.2) is 21.7 Å². The number of nitrogen functional groups attached to an aromatic ring is 1. The average Bonchev–Trinajstić information content (AvgIpc) is 3.11. The van der Waals surface area contributed by atoms with E-state index in [2.05, 4.69) is 49.6 Å². The second-order valence-corrected chi connectivity index (χ2v) is 16.2. The summed E-state index contributed by atoms with van der Waals surface area (Å²) in [5.41, 5.74) is 5.41. The van der Waals surface area contributed by atoms with Crippen LogP contribution in [0.1, 0.15) is 0 Å². The van der Waals surface area contributed by atoms with Gasteiger partial charge in [-0.15, -0.1) is 19.5 Å². The third-order valence-electron chi connectivity index (χ3n) is 6.51. The average molecular weight is 864 g/mol. The van der Waals surface area contributed by atoms with E-state index in [1.165, 1.54) is 49.5 Å². The number of hydrogen-bond acceptors (Lipinski definition) is 21. The summed E-state index contributed by atoms with van der Waals surface area (Å²) in [7, 11) is -12.4. The zero-order valence-corrected chi connectivity index (χ0v) is 31.4. The zero-order valence-electron chi connectivity index (χ0n) is 27.3. The first-order chi connectivity index (χ1) is 25.4. The van der Waals surface area contributed by atoms with Gasteiger partial charge in [-0.3, -0.25) is 19.0 Å². The topological polar surface area (TPSA) is 360 Å². The maximum atomic E-state index is 12.6. The van der Waals surface area contributed by atoms with Crippen molar-refractivity contribution < 1.29 is 68.8 Å². The largest absolute Gasteiger partial charge is 0.505 e. The van der Waals surface area contributed by atoms with E-state index in [9.17, 15) is 39.8 Å². The van der Waals surface area contributed by atoms with Crippen LogP contribution in [0.2, 0.25) is 0 Å². The van der Waals surface area contributed by atoms with Gasteiger partial charge < -0.3 is 16.3 Å². The SMILES string of the molecule is CN(CCS(=O)(=O)c1ccc(N=Nc2c(S(=O)(=O)O)cc3cc(SOOO)c(N=Nc4ccc(SC#COOS(=O)(=O)O)cc4)c(N)c3c2O)cc1)N=O.O. The number of azo groups is 2. The van der Waals surface area contributed by atoms with Crippen LogP contribution < -0.4 is 5.73 Å². The summed E-state index contributed by atoms with van der Waals surface area (Å²) in [6.45, 7) is -0.162. The highest BCUT2D eigenvalue weighted by molar-refractivity contribution is 8.04. The van der Waals surface area contributed by atoms with Crippen LogP contribution in [-0.2, 0) is 48.9 Å². The molecule has 4 aromatic rings. The lowest BCUT2D eigenvalue weighted by Gasteiger charge is -2.14. The highest BCUT2D eigenvalue weighted by atomic mass is 32.3. The Morgan fingerprint density at radius 3 is 2.05 bits per heavy atom. The van der Waals surface area contributed by atoms with Crippen molar-refractivity contribution in [1.82, 2.24) is 5.01 Å². The van der Waals surface area contributed by atoms with Crippen molar-refractivity contribution >= 4 is 93.4 Å². The smallest absolute Gasteiger partial charge is 0.433 e. The molecule has 0 unspecified atom stereocenters. The molecule has 0 spiro atoms. The number of rotatable bonds is 16. The Balaban J connectivity index is 0.00000812. The Kier molecular flexibility index (Phi) is 15.3. The van der Waals surface area contributed by atoms with Crippen LogP contribution in [0.5, 0.6) is 5.75 Å². The van der Waals surface area contributed by atoms with Crippen molar-refractivity contribution in [2.75, 3.05) is 25.1 Å². The molecule has 0 aliphatic carbocycles. The van der Waals surface area contributed by atoms with Gasteiger partial charge in [-0.05, 0) is 82.1 Å². The van der Waals surface area contributed by atoms with Crippen LogP contribution in [0.3, 0.4) is 0 Å². The lowest BCUT2D eigenvalue weighted by atomic mass is 10.1. The Morgan fingerprint density at radius 1 is 0.891 bits per heavy atom. The number of sulfone groups is 1. The van der Waals surface area contributed by atoms with Gasteiger partial charge in [0, 0.05) is 17.2 Å². The summed E-state index contributed by atoms with van der Waals surface area (Å²) in [6, 6.07) is 13.0. The molecule has 4 aromatic carbocycles. The monoisotopic (exact) mass is 863 g/mol. The molecule has 294 valence electrons. The molecule has 0 aliphatic heterocycles. The minimum Gasteiger partial charge on any atom is -0.505 e. The highest BCUT2D eigenvalue weighted by Crippen LogP contribution is 2.49. The molecule has 0 saturated heterocycles. The van der Waals surface area contributed by atoms with E-state index < -0.39 is 52.4 Å². The van der Waals surface area contributed by atoms with Gasteiger partial charge in [0.05, 0.1) is 61.9 Å². The highest BCUT2D eigenvalue weighted by Gasteiger charge is 2.26. The standard InChI is InChI=1S/C27H23N7O15S5.H2O/c1-34(33-36)10-13-52(38,39)20-8-4-18(5-9-20)30-32-26-22(53(40,41)42)15-16-14-21(51-48-47-37)25(24(28)23(16)27(26)35)31-29-17-2-6-19(7-3-17)50-12-11-46-49-54(43,44)45;/h2-9,14-15,35,37H,10,13,28H2,1H3,(H,40,41,42)(H,43,44,45);1H2. The number of aromatic hydroxyl groups is 1. The van der Waals surface area contributed by atoms with Crippen LogP contribution in [0.15, 0.2) is 106 Å². The molecule has 8 N–H and O–H groups in total. The van der Waals surface area contributed by atoms with Crippen LogP contribution in [-0.4, -0.2) is 74.6 Å². The summed E-state index contributed by atoms with van der Waals surface area (Å²) >= 11 is 1.26. The second-order valence-electron chi connectivity index (χ2n) is 10.1. The van der Waals surface area contributed by atoms with Crippen LogP contribution in [0.25, 0.3) is 10.8 Å². The fraction of sp³-hybridized carbons (Fsp3) is 0.111. The van der Waals surface area contributed by atoms with Crippen molar-refractivity contribution in [1.29, 1.82) is 0 Å². The molecule has 0 amide bonds. The van der Waals surface area contributed by atoms with Gasteiger partial charge in [-0.2, -0.15) is 27.1 Å². The third-order valence-corrected chi connectivity index (χ3v) is 10.6. The lowest BCUT2D eigenvalue weighted by molar-refractivity contribution is -0.432. The first-order valence-corrected chi connectivity index (χ1v) is 20.0. The number of hydrogen-bond donors (Lipinski definition) is 5. The molecule has 0 aliphatic rings. The number of phenols is 1. The van der Waals surface area contributed by atoms with E-state index >= 15 is 0 Å². The zero-order chi connectivity index (χ0) is 39.7. The molecule has 28 heteroatoms. The number of nitrogens with two attached hydrogens (primary N) is 1. The summed E-state index contributed by atoms with van der Waals surface area (Å²) in [5.74, 6) is -1.28. The molecule has 0 radical (unpaired) electrons. The van der Waals surface area contributed by atoms with Crippen LogP contribution in [0.4, 0.5) is 28.4 Å². The molecule has 0 heterocycles. The van der Waals surface area contributed by atoms with E-state index in [1.54, 1.807) is 12.1 Å². The summed E-state index contributed by atoms with van der Waals surface area (Å²) in [5, 5.41) is 45.2. The van der Waals surface area contributed by atoms with Gasteiger partial charge in [0.1, 0.15) is 16.3 Å². The van der Waals surface area contributed by atoms with Crippen LogP contribution >= 0.6 is 23.8 Å². The van der Waals surface area contributed by atoms with E-state index in [1.807, 2.05) is 6.11 Å². The molecule has 0 atom stereocenters. The molecule has 4 rings (SSSR count). The summed E-state index contributed by atoms with van der Waals surface area (Å²) in [6.07, 6.45) is 1.89. The Labute approximate surface area is 319 Å². The summed E-state index contributed by atoms with van der Waals surface area (Å²) in [4.78, 5) is 14.0. The number of benzene rings is 4. The minimum absolute atomic E-state index is 0. The normalized spacial score (nSPS) is 12.0. The van der Waals surface area contributed by atoms with Gasteiger partial charge in [-0.25, -0.2) is 13.7 Å². The van der Waals surface area contributed by atoms with Crippen LogP contribution in [0, 0.1) is 16.3 Å². The molecule has 0 aromatic heterocycles. The lowest BCUT2D eigenvalue weighted by Crippen LogP contribution is -2.20. The third kappa shape index (κ3) is 12.2. The molecule has 55 heavy (non-hydrogen) atoms. The van der Waals surface area contributed by atoms with Crippen molar-refractivity contribution in [3.8, 4) is 17.1 Å². The van der Waals surface area contributed by atoms with E-state index in [0.717, 1.165) is 22.8 Å².